The number of carbonyl (C=O) groups is 1. The lowest BCUT2D eigenvalue weighted by atomic mass is 9.98. The van der Waals surface area contributed by atoms with E-state index < -0.39 is 17.6 Å². The monoisotopic (exact) mass is 214 g/mol. The van der Waals surface area contributed by atoms with Crippen LogP contribution in [0.25, 0.3) is 0 Å². The molecule has 1 unspecified atom stereocenters. The molecule has 0 amide bonds. The Balaban J connectivity index is 2.72. The molecule has 2 nitrogen and oxygen atoms in total. The number of carboxylic acids is 1. The van der Waals surface area contributed by atoms with Crippen molar-refractivity contribution in [1.82, 2.24) is 0 Å². The van der Waals surface area contributed by atoms with Crippen molar-refractivity contribution in [3.05, 3.63) is 35.4 Å². The Labute approximate surface area is 86.5 Å². The molecule has 0 radical (unpaired) electrons. The molecule has 1 N–H and O–H groups in total. The fourth-order valence-corrected chi connectivity index (χ4v) is 1.45. The molecule has 0 spiro atoms. The van der Waals surface area contributed by atoms with Crippen LogP contribution in [0.4, 0.5) is 8.78 Å². The van der Waals surface area contributed by atoms with E-state index in [-0.39, 0.29) is 24.3 Å². The summed E-state index contributed by atoms with van der Waals surface area (Å²) in [5.74, 6) is -2.91. The normalized spacial score (nSPS) is 12.5. The second-order valence-electron chi connectivity index (χ2n) is 3.62. The lowest BCUT2D eigenvalue weighted by molar-refractivity contribution is -0.137. The van der Waals surface area contributed by atoms with Crippen LogP contribution in [-0.4, -0.2) is 11.1 Å². The predicted octanol–water partition coefficient (Wildman–Crippen LogP) is 2.62. The molecule has 0 aromatic heterocycles. The average molecular weight is 214 g/mol. The molecule has 0 fully saturated rings. The van der Waals surface area contributed by atoms with Gasteiger partial charge in [0.25, 0.3) is 0 Å². The number of rotatable bonds is 4. The number of benzene rings is 1. The SMILES string of the molecule is CC(CC(=O)O)Cc1cccc(F)c1F. The molecular weight excluding hydrogens is 202 g/mol. The molecule has 0 aliphatic carbocycles. The highest BCUT2D eigenvalue weighted by Crippen LogP contribution is 2.17. The molecule has 1 atom stereocenters. The van der Waals surface area contributed by atoms with Crippen molar-refractivity contribution in [2.75, 3.05) is 0 Å². The van der Waals surface area contributed by atoms with Crippen LogP contribution in [0, 0.1) is 17.6 Å². The summed E-state index contributed by atoms with van der Waals surface area (Å²) in [6.45, 7) is 1.69. The third-order valence-corrected chi connectivity index (χ3v) is 2.12. The van der Waals surface area contributed by atoms with Crippen molar-refractivity contribution in [2.24, 2.45) is 5.92 Å². The predicted molar refractivity (Wildman–Crippen MR) is 51.5 cm³/mol. The highest BCUT2D eigenvalue weighted by atomic mass is 19.2. The summed E-state index contributed by atoms with van der Waals surface area (Å²) in [7, 11) is 0. The Morgan fingerprint density at radius 3 is 2.73 bits per heavy atom. The number of aliphatic carboxylic acids is 1. The molecule has 0 saturated heterocycles. The lowest BCUT2D eigenvalue weighted by Crippen LogP contribution is -2.08. The molecule has 4 heteroatoms. The topological polar surface area (TPSA) is 37.3 Å². The van der Waals surface area contributed by atoms with Crippen molar-refractivity contribution in [2.45, 2.75) is 19.8 Å². The number of hydrogen-bond donors (Lipinski definition) is 1. The smallest absolute Gasteiger partial charge is 0.303 e. The minimum absolute atomic E-state index is 0.0457. The summed E-state index contributed by atoms with van der Waals surface area (Å²) in [5, 5.41) is 8.52. The molecule has 0 aliphatic rings. The zero-order valence-electron chi connectivity index (χ0n) is 8.34. The summed E-state index contributed by atoms with van der Waals surface area (Å²) in [5.41, 5.74) is 0.226. The fraction of sp³-hybridized carbons (Fsp3) is 0.364. The zero-order chi connectivity index (χ0) is 11.4. The fourth-order valence-electron chi connectivity index (χ4n) is 1.45. The van der Waals surface area contributed by atoms with Gasteiger partial charge in [-0.2, -0.15) is 0 Å². The third kappa shape index (κ3) is 3.31. The van der Waals surface area contributed by atoms with Gasteiger partial charge in [0.1, 0.15) is 0 Å². The second kappa shape index (κ2) is 4.87. The molecule has 1 aromatic rings. The van der Waals surface area contributed by atoms with Gasteiger partial charge in [0, 0.05) is 6.42 Å². The van der Waals surface area contributed by atoms with Gasteiger partial charge in [-0.1, -0.05) is 19.1 Å². The molecule has 15 heavy (non-hydrogen) atoms. The Hall–Kier alpha value is -1.45. The van der Waals surface area contributed by atoms with E-state index in [1.807, 2.05) is 0 Å². The highest BCUT2D eigenvalue weighted by molar-refractivity contribution is 5.67. The summed E-state index contributed by atoms with van der Waals surface area (Å²) >= 11 is 0. The van der Waals surface area contributed by atoms with Crippen molar-refractivity contribution in [1.29, 1.82) is 0 Å². The molecular formula is C11H12F2O2. The largest absolute Gasteiger partial charge is 0.481 e. The van der Waals surface area contributed by atoms with Gasteiger partial charge >= 0.3 is 5.97 Å². The van der Waals surface area contributed by atoms with Crippen LogP contribution < -0.4 is 0 Å². The van der Waals surface area contributed by atoms with E-state index in [1.54, 1.807) is 6.92 Å². The second-order valence-corrected chi connectivity index (χ2v) is 3.62. The van der Waals surface area contributed by atoms with E-state index in [2.05, 4.69) is 0 Å². The first-order valence-electron chi connectivity index (χ1n) is 4.65. The van der Waals surface area contributed by atoms with E-state index in [4.69, 9.17) is 5.11 Å². The van der Waals surface area contributed by atoms with Crippen LogP contribution in [0.2, 0.25) is 0 Å². The molecule has 82 valence electrons. The van der Waals surface area contributed by atoms with Gasteiger partial charge in [0.15, 0.2) is 11.6 Å². The molecule has 0 aliphatic heterocycles. The van der Waals surface area contributed by atoms with Crippen molar-refractivity contribution >= 4 is 5.97 Å². The molecule has 1 aromatic carbocycles. The Morgan fingerprint density at radius 1 is 1.47 bits per heavy atom. The summed E-state index contributed by atoms with van der Waals surface area (Å²) in [4.78, 5) is 10.4. The number of hydrogen-bond acceptors (Lipinski definition) is 1. The van der Waals surface area contributed by atoms with Crippen LogP contribution in [-0.2, 0) is 11.2 Å². The van der Waals surface area contributed by atoms with Gasteiger partial charge in [-0.3, -0.25) is 4.79 Å². The van der Waals surface area contributed by atoms with Gasteiger partial charge in [0.05, 0.1) is 0 Å². The van der Waals surface area contributed by atoms with Crippen LogP contribution in [0.5, 0.6) is 0 Å². The van der Waals surface area contributed by atoms with E-state index >= 15 is 0 Å². The molecule has 0 saturated carbocycles. The van der Waals surface area contributed by atoms with Crippen LogP contribution >= 0.6 is 0 Å². The minimum atomic E-state index is -0.931. The van der Waals surface area contributed by atoms with Gasteiger partial charge in [-0.05, 0) is 24.0 Å². The maximum absolute atomic E-state index is 13.2. The molecule has 1 rings (SSSR count). The summed E-state index contributed by atoms with van der Waals surface area (Å²) < 4.78 is 26.0. The van der Waals surface area contributed by atoms with Gasteiger partial charge in [-0.15, -0.1) is 0 Å². The first kappa shape index (κ1) is 11.6. The maximum atomic E-state index is 13.2. The van der Waals surface area contributed by atoms with Gasteiger partial charge < -0.3 is 5.11 Å². The van der Waals surface area contributed by atoms with E-state index in [0.717, 1.165) is 6.07 Å². The van der Waals surface area contributed by atoms with Gasteiger partial charge in [-0.25, -0.2) is 8.78 Å². The number of halogens is 2. The minimum Gasteiger partial charge on any atom is -0.481 e. The summed E-state index contributed by atoms with van der Waals surface area (Å²) in [6, 6.07) is 3.93. The van der Waals surface area contributed by atoms with Crippen LogP contribution in [0.15, 0.2) is 18.2 Å². The standard InChI is InChI=1S/C11H12F2O2/c1-7(6-10(14)15)5-8-3-2-4-9(12)11(8)13/h2-4,7H,5-6H2,1H3,(H,14,15). The quantitative estimate of drug-likeness (QED) is 0.836. The van der Waals surface area contributed by atoms with Crippen LogP contribution in [0.1, 0.15) is 18.9 Å². The van der Waals surface area contributed by atoms with E-state index in [1.165, 1.54) is 12.1 Å². The van der Waals surface area contributed by atoms with Crippen molar-refractivity contribution in [3.8, 4) is 0 Å². The Morgan fingerprint density at radius 2 is 2.13 bits per heavy atom. The summed E-state index contributed by atoms with van der Waals surface area (Å²) in [6.07, 6.45) is 0.186. The zero-order valence-corrected chi connectivity index (χ0v) is 8.34. The highest BCUT2D eigenvalue weighted by Gasteiger charge is 2.13. The van der Waals surface area contributed by atoms with Gasteiger partial charge in [0.2, 0.25) is 0 Å². The molecule has 0 heterocycles. The average Bonchev–Trinajstić information content (AvgIpc) is 2.11. The van der Waals surface area contributed by atoms with Crippen molar-refractivity contribution in [3.63, 3.8) is 0 Å². The van der Waals surface area contributed by atoms with E-state index in [0.29, 0.717) is 0 Å². The van der Waals surface area contributed by atoms with Crippen LogP contribution in [0.3, 0.4) is 0 Å². The first-order valence-corrected chi connectivity index (χ1v) is 4.65. The maximum Gasteiger partial charge on any atom is 0.303 e. The Bertz CT molecular complexity index is 364. The third-order valence-electron chi connectivity index (χ3n) is 2.12. The first-order chi connectivity index (χ1) is 7.00. The Kier molecular flexibility index (Phi) is 3.77. The lowest BCUT2D eigenvalue weighted by Gasteiger charge is -2.09. The molecule has 0 bridgehead atoms. The van der Waals surface area contributed by atoms with E-state index in [9.17, 15) is 13.6 Å². The van der Waals surface area contributed by atoms with Crippen molar-refractivity contribution < 1.29 is 18.7 Å². The number of carboxylic acid groups (broad SMARTS) is 1.